The van der Waals surface area contributed by atoms with E-state index in [1.165, 1.54) is 0 Å². The van der Waals surface area contributed by atoms with Crippen LogP contribution in [-0.4, -0.2) is 27.0 Å². The van der Waals surface area contributed by atoms with Crippen LogP contribution >= 0.6 is 18.5 Å². The smallest absolute Gasteiger partial charge is 0.317 e. The molecule has 0 fully saturated rings. The molecule has 13 heavy (non-hydrogen) atoms. The third-order valence-corrected chi connectivity index (χ3v) is 2.79. The van der Waals surface area contributed by atoms with Gasteiger partial charge in [-0.2, -0.15) is 0 Å². The molecule has 0 saturated carbocycles. The predicted octanol–water partition coefficient (Wildman–Crippen LogP) is 1.02. The lowest BCUT2D eigenvalue weighted by Crippen LogP contribution is -2.30. The summed E-state index contributed by atoms with van der Waals surface area (Å²) < 4.78 is 0. The molecule has 0 aromatic rings. The van der Waals surface area contributed by atoms with Gasteiger partial charge in [-0.15, -0.1) is 18.5 Å². The Hall–Kier alpha value is -0.200. The summed E-state index contributed by atoms with van der Waals surface area (Å²) in [4.78, 5) is 20.2. The molecule has 2 N–H and O–H groups in total. The van der Waals surface area contributed by atoms with E-state index in [4.69, 9.17) is 10.2 Å². The largest absolute Gasteiger partial charge is 0.481 e. The Morgan fingerprint density at radius 3 is 2.08 bits per heavy atom. The Bertz CT molecular complexity index is 215. The van der Waals surface area contributed by atoms with Crippen LogP contribution in [0.5, 0.6) is 0 Å². The average Bonchev–Trinajstić information content (AvgIpc) is 1.99. The molecule has 3 unspecified atom stereocenters. The van der Waals surface area contributed by atoms with E-state index in [9.17, 15) is 9.59 Å². The van der Waals surface area contributed by atoms with Gasteiger partial charge in [0.05, 0.1) is 10.8 Å². The van der Waals surface area contributed by atoms with E-state index >= 15 is 0 Å². The summed E-state index contributed by atoms with van der Waals surface area (Å²) in [5.74, 6) is -2.58. The zero-order chi connectivity index (χ0) is 10.6. The molecule has 4 nitrogen and oxygen atoms in total. The van der Waals surface area contributed by atoms with E-state index in [2.05, 4.69) is 18.5 Å². The standard InChI is InChI=1S/C7H14O4P2/c1-2-4(5(8)9)3-7(12,13)6(10)11/h4H,2-3,12-13H2,1H3,(H,8,9)(H,10,11). The third-order valence-electron chi connectivity index (χ3n) is 1.82. The number of carboxylic acid groups (broad SMARTS) is 2. The average molecular weight is 224 g/mol. The van der Waals surface area contributed by atoms with Gasteiger partial charge in [0.25, 0.3) is 0 Å². The predicted molar refractivity (Wildman–Crippen MR) is 55.8 cm³/mol. The van der Waals surface area contributed by atoms with Crippen molar-refractivity contribution < 1.29 is 19.8 Å². The highest BCUT2D eigenvalue weighted by Gasteiger charge is 2.33. The van der Waals surface area contributed by atoms with Gasteiger partial charge in [0.15, 0.2) is 0 Å². The first-order valence-corrected chi connectivity index (χ1v) is 5.00. The van der Waals surface area contributed by atoms with Crippen molar-refractivity contribution in [2.24, 2.45) is 5.92 Å². The Morgan fingerprint density at radius 1 is 1.38 bits per heavy atom. The van der Waals surface area contributed by atoms with Crippen LogP contribution in [0, 0.1) is 5.92 Å². The van der Waals surface area contributed by atoms with Crippen molar-refractivity contribution in [1.82, 2.24) is 0 Å². The first kappa shape index (κ1) is 12.8. The molecule has 0 saturated heterocycles. The Morgan fingerprint density at radius 2 is 1.85 bits per heavy atom. The molecule has 6 heteroatoms. The number of hydrogen-bond acceptors (Lipinski definition) is 2. The molecule has 0 aliphatic rings. The molecular weight excluding hydrogens is 210 g/mol. The number of hydrogen-bond donors (Lipinski definition) is 2. The third kappa shape index (κ3) is 4.02. The van der Waals surface area contributed by atoms with Crippen LogP contribution in [0.15, 0.2) is 0 Å². The maximum Gasteiger partial charge on any atom is 0.317 e. The van der Waals surface area contributed by atoms with Gasteiger partial charge in [-0.25, -0.2) is 0 Å². The minimum Gasteiger partial charge on any atom is -0.481 e. The van der Waals surface area contributed by atoms with E-state index in [1.54, 1.807) is 6.92 Å². The second-order valence-corrected chi connectivity index (χ2v) is 5.72. The van der Waals surface area contributed by atoms with Crippen molar-refractivity contribution in [1.29, 1.82) is 0 Å². The first-order valence-electron chi connectivity index (χ1n) is 3.85. The van der Waals surface area contributed by atoms with E-state index in [1.807, 2.05) is 0 Å². The highest BCUT2D eigenvalue weighted by Crippen LogP contribution is 2.35. The topological polar surface area (TPSA) is 74.6 Å². The van der Waals surface area contributed by atoms with E-state index in [0.29, 0.717) is 6.42 Å². The molecule has 3 atom stereocenters. The van der Waals surface area contributed by atoms with Gasteiger partial charge in [-0.05, 0) is 12.8 Å². The summed E-state index contributed by atoms with van der Waals surface area (Å²) in [6, 6.07) is 0. The van der Waals surface area contributed by atoms with E-state index < -0.39 is 22.8 Å². The van der Waals surface area contributed by atoms with Gasteiger partial charge in [-0.3, -0.25) is 9.59 Å². The van der Waals surface area contributed by atoms with Crippen LogP contribution in [0.25, 0.3) is 0 Å². The summed E-state index contributed by atoms with van der Waals surface area (Å²) in [7, 11) is 4.30. The Labute approximate surface area is 81.5 Å². The quantitative estimate of drug-likeness (QED) is 0.683. The van der Waals surface area contributed by atoms with Gasteiger partial charge < -0.3 is 10.2 Å². The second-order valence-electron chi connectivity index (χ2n) is 2.99. The molecule has 0 aliphatic carbocycles. The van der Waals surface area contributed by atoms with Gasteiger partial charge in [0, 0.05) is 0 Å². The SMILES string of the molecule is CCC(CC(P)(P)C(=O)O)C(=O)O. The normalized spacial score (nSPS) is 13.8. The summed E-state index contributed by atoms with van der Waals surface area (Å²) >= 11 is 0. The molecule has 0 amide bonds. The summed E-state index contributed by atoms with van der Waals surface area (Å²) in [6.07, 6.45) is 0.538. The Kier molecular flexibility index (Phi) is 4.80. The highest BCUT2D eigenvalue weighted by molar-refractivity contribution is 7.42. The lowest BCUT2D eigenvalue weighted by molar-refractivity contribution is -0.143. The van der Waals surface area contributed by atoms with Gasteiger partial charge >= 0.3 is 11.9 Å². The Balaban J connectivity index is 4.39. The number of rotatable bonds is 5. The maximum atomic E-state index is 10.7. The summed E-state index contributed by atoms with van der Waals surface area (Å²) in [5.41, 5.74) is 0. The van der Waals surface area contributed by atoms with Crippen molar-refractivity contribution in [3.8, 4) is 0 Å². The van der Waals surface area contributed by atoms with Crippen LogP contribution in [0.2, 0.25) is 0 Å². The molecule has 0 rings (SSSR count). The van der Waals surface area contributed by atoms with Crippen molar-refractivity contribution in [3.05, 3.63) is 0 Å². The monoisotopic (exact) mass is 224 g/mol. The van der Waals surface area contributed by atoms with Gasteiger partial charge in [-0.1, -0.05) is 6.92 Å². The van der Waals surface area contributed by atoms with Crippen LogP contribution < -0.4 is 0 Å². The molecular formula is C7H14O4P2. The lowest BCUT2D eigenvalue weighted by Gasteiger charge is -2.22. The van der Waals surface area contributed by atoms with Gasteiger partial charge in [0.1, 0.15) is 0 Å². The van der Waals surface area contributed by atoms with Crippen LogP contribution in [-0.2, 0) is 9.59 Å². The molecule has 0 spiro atoms. The minimum atomic E-state index is -1.13. The molecule has 0 heterocycles. The fourth-order valence-corrected chi connectivity index (χ4v) is 1.47. The second kappa shape index (κ2) is 4.88. The minimum absolute atomic E-state index is 0.101. The molecule has 76 valence electrons. The van der Waals surface area contributed by atoms with E-state index in [0.717, 1.165) is 0 Å². The summed E-state index contributed by atoms with van der Waals surface area (Å²) in [6.45, 7) is 1.73. The van der Waals surface area contributed by atoms with Crippen molar-refractivity contribution >= 4 is 30.4 Å². The fraction of sp³-hybridized carbons (Fsp3) is 0.714. The molecule has 0 aliphatic heterocycles. The number of carboxylic acids is 2. The van der Waals surface area contributed by atoms with Crippen molar-refractivity contribution in [2.75, 3.05) is 0 Å². The zero-order valence-corrected chi connectivity index (χ0v) is 9.67. The van der Waals surface area contributed by atoms with E-state index in [-0.39, 0.29) is 6.42 Å². The molecule has 0 radical (unpaired) electrons. The van der Waals surface area contributed by atoms with Crippen LogP contribution in [0.4, 0.5) is 0 Å². The molecule has 0 aromatic heterocycles. The fourth-order valence-electron chi connectivity index (χ4n) is 0.901. The first-order chi connectivity index (χ1) is 5.81. The van der Waals surface area contributed by atoms with Crippen molar-refractivity contribution in [2.45, 2.75) is 24.7 Å². The molecule has 0 bridgehead atoms. The molecule has 0 aromatic carbocycles. The summed E-state index contributed by atoms with van der Waals surface area (Å²) in [5, 5.41) is 17.4. The van der Waals surface area contributed by atoms with Crippen LogP contribution in [0.1, 0.15) is 19.8 Å². The highest BCUT2D eigenvalue weighted by atomic mass is 31.1. The van der Waals surface area contributed by atoms with Gasteiger partial charge in [0.2, 0.25) is 0 Å². The zero-order valence-electron chi connectivity index (χ0n) is 7.36. The lowest BCUT2D eigenvalue weighted by atomic mass is 10.00. The maximum absolute atomic E-state index is 10.7. The number of carbonyl (C=O) groups is 2. The van der Waals surface area contributed by atoms with Crippen molar-refractivity contribution in [3.63, 3.8) is 0 Å². The van der Waals surface area contributed by atoms with Crippen LogP contribution in [0.3, 0.4) is 0 Å². The number of aliphatic carboxylic acids is 2.